The number of amides is 1. The monoisotopic (exact) mass is 325 g/mol. The summed E-state index contributed by atoms with van der Waals surface area (Å²) in [5.41, 5.74) is 9.02. The van der Waals surface area contributed by atoms with E-state index in [4.69, 9.17) is 5.73 Å². The van der Waals surface area contributed by atoms with E-state index < -0.39 is 0 Å². The van der Waals surface area contributed by atoms with Gasteiger partial charge in [0.15, 0.2) is 0 Å². The lowest BCUT2D eigenvalue weighted by atomic mass is 9.92. The molecule has 0 bridgehead atoms. The quantitative estimate of drug-likeness (QED) is 0.895. The molecule has 1 amide bonds. The largest absolute Gasteiger partial charge is 0.329 e. The Hall–Kier alpha value is -1.10. The zero-order valence-corrected chi connectivity index (χ0v) is 14.6. The minimum absolute atomic E-state index is 0. The van der Waals surface area contributed by atoms with Gasteiger partial charge in [0.1, 0.15) is 0 Å². The number of nitrogens with zero attached hydrogens (tertiary/aromatic N) is 1. The summed E-state index contributed by atoms with van der Waals surface area (Å²) in [7, 11) is 0. The number of nitrogens with two attached hydrogens (primary N) is 1. The Balaban J connectivity index is 0.00000242. The lowest BCUT2D eigenvalue weighted by Gasteiger charge is -2.37. The number of nitrogens with one attached hydrogen (secondary N) is 1. The van der Waals surface area contributed by atoms with Gasteiger partial charge in [-0.1, -0.05) is 19.1 Å². The molecule has 0 aromatic heterocycles. The maximum Gasteiger partial charge on any atom is 0.238 e. The molecule has 22 heavy (non-hydrogen) atoms. The van der Waals surface area contributed by atoms with Gasteiger partial charge in [0.05, 0.1) is 6.54 Å². The average Bonchev–Trinajstić information content (AvgIpc) is 2.44. The molecule has 124 valence electrons. The van der Waals surface area contributed by atoms with Crippen molar-refractivity contribution in [1.29, 1.82) is 0 Å². The molecule has 1 aliphatic heterocycles. The molecule has 1 heterocycles. The summed E-state index contributed by atoms with van der Waals surface area (Å²) in [5.74, 6) is 0.758. The molecule has 5 heteroatoms. The van der Waals surface area contributed by atoms with Crippen LogP contribution in [-0.4, -0.2) is 36.5 Å². The van der Waals surface area contributed by atoms with Crippen molar-refractivity contribution in [3.05, 3.63) is 29.3 Å². The zero-order valence-electron chi connectivity index (χ0n) is 13.8. The van der Waals surface area contributed by atoms with E-state index in [9.17, 15) is 4.79 Å². The molecule has 0 radical (unpaired) electrons. The molecule has 0 saturated carbocycles. The lowest BCUT2D eigenvalue weighted by Crippen LogP contribution is -2.49. The molecule has 1 aliphatic rings. The molecular weight excluding hydrogens is 298 g/mol. The van der Waals surface area contributed by atoms with E-state index in [-0.39, 0.29) is 18.3 Å². The zero-order chi connectivity index (χ0) is 15.4. The van der Waals surface area contributed by atoms with Gasteiger partial charge in [0, 0.05) is 18.3 Å². The van der Waals surface area contributed by atoms with Crippen molar-refractivity contribution in [2.24, 2.45) is 11.7 Å². The van der Waals surface area contributed by atoms with Crippen molar-refractivity contribution < 1.29 is 4.79 Å². The van der Waals surface area contributed by atoms with E-state index in [1.54, 1.807) is 0 Å². The Kier molecular flexibility index (Phi) is 7.33. The van der Waals surface area contributed by atoms with E-state index in [2.05, 4.69) is 23.2 Å². The SMILES string of the molecule is Cc1ccc(C)c(NC(=O)CN2CCC(C)CC2CN)c1.Cl. The van der Waals surface area contributed by atoms with Gasteiger partial charge < -0.3 is 11.1 Å². The predicted octanol–water partition coefficient (Wildman–Crippen LogP) is 2.72. The van der Waals surface area contributed by atoms with Crippen LogP contribution in [0.3, 0.4) is 0 Å². The van der Waals surface area contributed by atoms with E-state index in [0.717, 1.165) is 36.2 Å². The molecule has 2 rings (SSSR count). The third-order valence-corrected chi connectivity index (χ3v) is 4.39. The fourth-order valence-corrected chi connectivity index (χ4v) is 3.00. The van der Waals surface area contributed by atoms with Gasteiger partial charge in [-0.15, -0.1) is 12.4 Å². The minimum Gasteiger partial charge on any atom is -0.329 e. The summed E-state index contributed by atoms with van der Waals surface area (Å²) in [5, 5.41) is 3.03. The summed E-state index contributed by atoms with van der Waals surface area (Å²) >= 11 is 0. The molecule has 2 atom stereocenters. The van der Waals surface area contributed by atoms with E-state index >= 15 is 0 Å². The normalized spacial score (nSPS) is 22.0. The molecule has 0 aliphatic carbocycles. The fourth-order valence-electron chi connectivity index (χ4n) is 3.00. The number of anilines is 1. The van der Waals surface area contributed by atoms with E-state index in [1.807, 2.05) is 26.0 Å². The second-order valence-electron chi connectivity index (χ2n) is 6.36. The third kappa shape index (κ3) is 4.97. The molecule has 4 nitrogen and oxygen atoms in total. The predicted molar refractivity (Wildman–Crippen MR) is 94.6 cm³/mol. The van der Waals surface area contributed by atoms with Gasteiger partial charge in [0.2, 0.25) is 5.91 Å². The van der Waals surface area contributed by atoms with E-state index in [0.29, 0.717) is 25.0 Å². The molecule has 1 fully saturated rings. The second-order valence-corrected chi connectivity index (χ2v) is 6.36. The summed E-state index contributed by atoms with van der Waals surface area (Å²) in [6.45, 7) is 8.33. The lowest BCUT2D eigenvalue weighted by molar-refractivity contribution is -0.118. The van der Waals surface area contributed by atoms with Gasteiger partial charge in [0.25, 0.3) is 0 Å². The van der Waals surface area contributed by atoms with Crippen molar-refractivity contribution in [2.75, 3.05) is 25.0 Å². The summed E-state index contributed by atoms with van der Waals surface area (Å²) in [6.07, 6.45) is 2.24. The number of aryl methyl sites for hydroxylation is 2. The highest BCUT2D eigenvalue weighted by Gasteiger charge is 2.26. The van der Waals surface area contributed by atoms with Crippen LogP contribution in [-0.2, 0) is 4.79 Å². The van der Waals surface area contributed by atoms with Gasteiger partial charge in [-0.3, -0.25) is 9.69 Å². The fraction of sp³-hybridized carbons (Fsp3) is 0.588. The standard InChI is InChI=1S/C17H27N3O.ClH/c1-12-4-5-14(3)16(9-12)19-17(21)11-20-7-6-13(2)8-15(20)10-18;/h4-5,9,13,15H,6-8,10-11,18H2,1-3H3,(H,19,21);1H. The Labute approximate surface area is 139 Å². The van der Waals surface area contributed by atoms with E-state index in [1.165, 1.54) is 0 Å². The van der Waals surface area contributed by atoms with Crippen LogP contribution in [0.2, 0.25) is 0 Å². The minimum atomic E-state index is 0. The van der Waals surface area contributed by atoms with Crippen LogP contribution in [0.5, 0.6) is 0 Å². The maximum atomic E-state index is 12.3. The first-order valence-electron chi connectivity index (χ1n) is 7.80. The van der Waals surface area contributed by atoms with Crippen molar-refractivity contribution in [3.63, 3.8) is 0 Å². The second kappa shape index (κ2) is 8.51. The molecule has 3 N–H and O–H groups in total. The first-order valence-corrected chi connectivity index (χ1v) is 7.80. The number of hydrogen-bond acceptors (Lipinski definition) is 3. The number of rotatable bonds is 4. The van der Waals surface area contributed by atoms with Crippen molar-refractivity contribution in [2.45, 2.75) is 39.7 Å². The Morgan fingerprint density at radius 2 is 2.14 bits per heavy atom. The van der Waals surface area contributed by atoms with Crippen molar-refractivity contribution >= 4 is 24.0 Å². The number of piperidine rings is 1. The molecule has 1 aromatic rings. The number of hydrogen-bond donors (Lipinski definition) is 2. The van der Waals surface area contributed by atoms with Crippen molar-refractivity contribution in [3.8, 4) is 0 Å². The van der Waals surface area contributed by atoms with Gasteiger partial charge in [-0.25, -0.2) is 0 Å². The highest BCUT2D eigenvalue weighted by molar-refractivity contribution is 5.93. The number of likely N-dealkylation sites (tertiary alicyclic amines) is 1. The first-order chi connectivity index (χ1) is 9.99. The Morgan fingerprint density at radius 1 is 1.41 bits per heavy atom. The van der Waals surface area contributed by atoms with Crippen LogP contribution < -0.4 is 11.1 Å². The van der Waals surface area contributed by atoms with Gasteiger partial charge in [-0.05, 0) is 56.3 Å². The summed E-state index contributed by atoms with van der Waals surface area (Å²) < 4.78 is 0. The molecule has 1 aromatic carbocycles. The summed E-state index contributed by atoms with van der Waals surface area (Å²) in [6, 6.07) is 6.45. The first kappa shape index (κ1) is 18.9. The average molecular weight is 326 g/mol. The van der Waals surface area contributed by atoms with Crippen LogP contribution in [0.4, 0.5) is 5.69 Å². The highest BCUT2D eigenvalue weighted by Crippen LogP contribution is 2.22. The maximum absolute atomic E-state index is 12.3. The smallest absolute Gasteiger partial charge is 0.238 e. The van der Waals surface area contributed by atoms with Crippen LogP contribution in [0, 0.1) is 19.8 Å². The Morgan fingerprint density at radius 3 is 2.82 bits per heavy atom. The molecular formula is C17H28ClN3O. The highest BCUT2D eigenvalue weighted by atomic mass is 35.5. The van der Waals surface area contributed by atoms with Gasteiger partial charge in [-0.2, -0.15) is 0 Å². The van der Waals surface area contributed by atoms with Gasteiger partial charge >= 0.3 is 0 Å². The number of halogens is 1. The Bertz CT molecular complexity index is 507. The summed E-state index contributed by atoms with van der Waals surface area (Å²) in [4.78, 5) is 14.5. The van der Waals surface area contributed by atoms with Crippen LogP contribution in [0.15, 0.2) is 18.2 Å². The topological polar surface area (TPSA) is 58.4 Å². The van der Waals surface area contributed by atoms with Crippen LogP contribution in [0.25, 0.3) is 0 Å². The number of carbonyl (C=O) groups excluding carboxylic acids is 1. The number of carbonyl (C=O) groups is 1. The molecule has 1 saturated heterocycles. The van der Waals surface area contributed by atoms with Crippen LogP contribution >= 0.6 is 12.4 Å². The number of benzene rings is 1. The van der Waals surface area contributed by atoms with Crippen molar-refractivity contribution in [1.82, 2.24) is 4.90 Å². The molecule has 2 unspecified atom stereocenters. The van der Waals surface area contributed by atoms with Crippen LogP contribution in [0.1, 0.15) is 30.9 Å². The third-order valence-electron chi connectivity index (χ3n) is 4.39. The molecule has 0 spiro atoms.